The van der Waals surface area contributed by atoms with Gasteiger partial charge in [0.05, 0.1) is 0 Å². The van der Waals surface area contributed by atoms with Gasteiger partial charge in [-0.15, -0.1) is 29.0 Å². The van der Waals surface area contributed by atoms with E-state index in [2.05, 4.69) is 10.1 Å². The van der Waals surface area contributed by atoms with Gasteiger partial charge < -0.3 is 4.52 Å². The van der Waals surface area contributed by atoms with Gasteiger partial charge >= 0.3 is 0 Å². The average molecular weight is 548 g/mol. The van der Waals surface area contributed by atoms with E-state index < -0.39 is 0 Å². The molecule has 0 aliphatic rings. The van der Waals surface area contributed by atoms with Crippen LogP contribution in [-0.4, -0.2) is 10.1 Å². The largest absolute Gasteiger partial charge is 0.396 e. The van der Waals surface area contributed by atoms with Crippen molar-refractivity contribution in [1.29, 1.82) is 0 Å². The van der Waals surface area contributed by atoms with Crippen molar-refractivity contribution >= 4 is 34.5 Å². The number of benzene rings is 1. The van der Waals surface area contributed by atoms with Gasteiger partial charge in [-0.25, -0.2) is 0 Å². The molecule has 0 saturated carbocycles. The Morgan fingerprint density at radius 2 is 2.05 bits per heavy atom. The predicted octanol–water partition coefficient (Wildman–Crippen LogP) is 4.71. The normalized spacial score (nSPS) is 10.1. The van der Waals surface area contributed by atoms with Gasteiger partial charge in [-0.2, -0.15) is 0 Å². The summed E-state index contributed by atoms with van der Waals surface area (Å²) in [4.78, 5) is 4.15. The topological polar surface area (TPSA) is 38.9 Å². The molecular weight excluding hydrogens is 541 g/mol. The van der Waals surface area contributed by atoms with Crippen molar-refractivity contribution in [3.63, 3.8) is 0 Å². The number of rotatable bonds is 3. The molecule has 0 spiro atoms. The third-order valence-corrected chi connectivity index (χ3v) is 3.72. The van der Waals surface area contributed by atoms with E-state index in [1.807, 2.05) is 23.9 Å². The summed E-state index contributed by atoms with van der Waals surface area (Å²) in [5.74, 6) is 0.635. The maximum Gasteiger partial charge on any atom is 0.0500 e. The van der Waals surface area contributed by atoms with Gasteiger partial charge in [-0.05, 0) is 12.1 Å². The molecule has 2 aromatic heterocycles. The molecule has 0 aliphatic carbocycles. The van der Waals surface area contributed by atoms with E-state index in [4.69, 9.17) is 27.7 Å². The van der Waals surface area contributed by atoms with E-state index in [0.717, 1.165) is 10.6 Å². The van der Waals surface area contributed by atoms with Crippen molar-refractivity contribution in [2.75, 3.05) is 0 Å². The van der Waals surface area contributed by atoms with Gasteiger partial charge in [-0.1, -0.05) is 29.3 Å². The number of thiazole rings is 1. The van der Waals surface area contributed by atoms with Gasteiger partial charge in [0, 0.05) is 74.8 Å². The first-order chi connectivity index (χ1) is 9.22. The minimum atomic E-state index is 0. The average Bonchev–Trinajstić information content (AvgIpc) is 3.01. The smallest absolute Gasteiger partial charge is 0.0500 e. The zero-order chi connectivity index (χ0) is 13.2. The third kappa shape index (κ3) is 3.60. The monoisotopic (exact) mass is 547 g/mol. The summed E-state index contributed by atoms with van der Waals surface area (Å²) in [6, 6.07) is 7.07. The molecule has 0 atom stereocenters. The first-order valence-electron chi connectivity index (χ1n) is 5.39. The molecule has 0 N–H and O–H groups in total. The summed E-state index contributed by atoms with van der Waals surface area (Å²) >= 11 is 13.5. The molecule has 100 valence electrons. The molecule has 3 rings (SSSR count). The van der Waals surface area contributed by atoms with E-state index in [0.29, 0.717) is 21.5 Å². The van der Waals surface area contributed by atoms with Gasteiger partial charge in [0.2, 0.25) is 0 Å². The predicted molar refractivity (Wildman–Crippen MR) is 76.6 cm³/mol. The molecule has 3 nitrogen and oxygen atoms in total. The van der Waals surface area contributed by atoms with Crippen LogP contribution in [0.2, 0.25) is 10.0 Å². The maximum atomic E-state index is 6.13. The van der Waals surface area contributed by atoms with Crippen molar-refractivity contribution in [3.05, 3.63) is 63.1 Å². The fourth-order valence-electron chi connectivity index (χ4n) is 1.61. The van der Waals surface area contributed by atoms with Crippen LogP contribution < -0.4 is 0 Å². The second kappa shape index (κ2) is 7.02. The SMILES string of the molecule is Clc1ccc(-c2cc([CH-]c3nccs3)on2)c(Cl)c1.[U]. The third-order valence-electron chi connectivity index (χ3n) is 2.45. The molecule has 2 heterocycles. The van der Waals surface area contributed by atoms with Crippen LogP contribution in [0.3, 0.4) is 0 Å². The zero-order valence-electron chi connectivity index (χ0n) is 10.0. The molecule has 7 heteroatoms. The van der Waals surface area contributed by atoms with Crippen LogP contribution in [0.25, 0.3) is 11.3 Å². The Morgan fingerprint density at radius 3 is 2.75 bits per heavy atom. The quantitative estimate of drug-likeness (QED) is 0.446. The van der Waals surface area contributed by atoms with Gasteiger partial charge in [0.15, 0.2) is 0 Å². The molecule has 1 aromatic carbocycles. The fourth-order valence-corrected chi connectivity index (χ4v) is 2.68. The van der Waals surface area contributed by atoms with E-state index in [-0.39, 0.29) is 31.1 Å². The van der Waals surface area contributed by atoms with Crippen molar-refractivity contribution in [3.8, 4) is 11.3 Å². The van der Waals surface area contributed by atoms with Crippen LogP contribution in [0, 0.1) is 37.5 Å². The Labute approximate surface area is 153 Å². The summed E-state index contributed by atoms with van der Waals surface area (Å²) < 4.78 is 5.25. The first kappa shape index (κ1) is 15.9. The first-order valence-corrected chi connectivity index (χ1v) is 7.02. The second-order valence-electron chi connectivity index (χ2n) is 3.75. The fraction of sp³-hybridized carbons (Fsp3) is 0. The Hall–Kier alpha value is -0.438. The van der Waals surface area contributed by atoms with Crippen LogP contribution in [0.1, 0.15) is 10.8 Å². The standard InChI is InChI=1S/C13H7Cl2N2OS.U/c14-8-1-2-10(11(15)5-8)12-6-9(18-17-12)7-13-16-3-4-19-13;/h1-7H;/q-1;. The number of halogens is 2. The van der Waals surface area contributed by atoms with Crippen molar-refractivity contribution in [2.24, 2.45) is 0 Å². The maximum absolute atomic E-state index is 6.13. The Morgan fingerprint density at radius 1 is 1.20 bits per heavy atom. The number of nitrogens with zero attached hydrogens (tertiary/aromatic N) is 2. The van der Waals surface area contributed by atoms with Crippen LogP contribution in [0.4, 0.5) is 0 Å². The Balaban J connectivity index is 0.00000147. The summed E-state index contributed by atoms with van der Waals surface area (Å²) in [5, 5.41) is 7.90. The molecule has 0 unspecified atom stereocenters. The van der Waals surface area contributed by atoms with Gasteiger partial charge in [0.1, 0.15) is 0 Å². The van der Waals surface area contributed by atoms with Gasteiger partial charge in [-0.3, -0.25) is 4.98 Å². The molecule has 0 fully saturated rings. The van der Waals surface area contributed by atoms with E-state index in [1.165, 1.54) is 11.3 Å². The zero-order valence-corrected chi connectivity index (χ0v) is 16.5. The van der Waals surface area contributed by atoms with Gasteiger partial charge in [0.25, 0.3) is 0 Å². The minimum absolute atomic E-state index is 0. The molecule has 0 bridgehead atoms. The molecule has 0 amide bonds. The summed E-state index contributed by atoms with van der Waals surface area (Å²) in [7, 11) is 0. The number of aromatic nitrogens is 2. The molecule has 3 aromatic rings. The molecule has 20 heavy (non-hydrogen) atoms. The van der Waals surface area contributed by atoms with Crippen molar-refractivity contribution in [1.82, 2.24) is 10.1 Å². The Bertz CT molecular complexity index is 700. The van der Waals surface area contributed by atoms with Crippen molar-refractivity contribution < 1.29 is 35.6 Å². The molecule has 0 saturated heterocycles. The molecule has 0 aliphatic heterocycles. The van der Waals surface area contributed by atoms with E-state index in [1.54, 1.807) is 18.3 Å². The molecular formula is C13H7Cl2N2OSU-. The van der Waals surface area contributed by atoms with E-state index >= 15 is 0 Å². The van der Waals surface area contributed by atoms with Crippen LogP contribution in [0.5, 0.6) is 0 Å². The van der Waals surface area contributed by atoms with Crippen LogP contribution >= 0.6 is 34.5 Å². The Kier molecular flexibility index (Phi) is 5.59. The summed E-state index contributed by atoms with van der Waals surface area (Å²) in [5.41, 5.74) is 1.46. The van der Waals surface area contributed by atoms with Crippen molar-refractivity contribution in [2.45, 2.75) is 0 Å². The van der Waals surface area contributed by atoms with Crippen LogP contribution in [-0.2, 0) is 0 Å². The molecule has 0 radical (unpaired) electrons. The number of hydrogen-bond donors (Lipinski definition) is 0. The van der Waals surface area contributed by atoms with Crippen LogP contribution in [0.15, 0.2) is 40.4 Å². The second-order valence-corrected chi connectivity index (χ2v) is 5.52. The van der Waals surface area contributed by atoms with E-state index in [9.17, 15) is 0 Å². The number of hydrogen-bond acceptors (Lipinski definition) is 4. The minimum Gasteiger partial charge on any atom is -0.396 e. The summed E-state index contributed by atoms with van der Waals surface area (Å²) in [6.45, 7) is 0. The summed E-state index contributed by atoms with van der Waals surface area (Å²) in [6.07, 6.45) is 3.56.